The van der Waals surface area contributed by atoms with E-state index in [4.69, 9.17) is 9.68 Å². The predicted molar refractivity (Wildman–Crippen MR) is 106 cm³/mol. The molecule has 0 amide bonds. The summed E-state index contributed by atoms with van der Waals surface area (Å²) in [5.41, 5.74) is 1.22. The summed E-state index contributed by atoms with van der Waals surface area (Å²) in [6, 6.07) is 18.9. The smallest absolute Gasteiger partial charge is 0.278 e. The van der Waals surface area contributed by atoms with Gasteiger partial charge in [0.25, 0.3) is 16.7 Å². The van der Waals surface area contributed by atoms with Crippen molar-refractivity contribution in [1.82, 2.24) is 20.0 Å². The van der Waals surface area contributed by atoms with Crippen molar-refractivity contribution in [1.29, 1.82) is 5.26 Å². The van der Waals surface area contributed by atoms with Crippen LogP contribution in [0.4, 0.5) is 0 Å². The molecule has 0 spiro atoms. The van der Waals surface area contributed by atoms with E-state index >= 15 is 0 Å². The van der Waals surface area contributed by atoms with E-state index in [1.165, 1.54) is 16.4 Å². The number of thioether (sulfide) groups is 1. The summed E-state index contributed by atoms with van der Waals surface area (Å²) < 4.78 is 7.11. The molecule has 0 aliphatic carbocycles. The molecule has 0 unspecified atom stereocenters. The lowest BCUT2D eigenvalue weighted by atomic mass is 10.1. The van der Waals surface area contributed by atoms with Crippen molar-refractivity contribution in [2.75, 3.05) is 0 Å². The average Bonchev–Trinajstić information content (AvgIpc) is 3.19. The van der Waals surface area contributed by atoms with Crippen LogP contribution in [0.15, 0.2) is 69.0 Å². The third-order valence-corrected chi connectivity index (χ3v) is 4.94. The second-order valence-electron chi connectivity index (χ2n) is 6.10. The van der Waals surface area contributed by atoms with Crippen LogP contribution in [0.25, 0.3) is 22.4 Å². The van der Waals surface area contributed by atoms with Gasteiger partial charge in [0.2, 0.25) is 0 Å². The Balaban J connectivity index is 1.83. The first kappa shape index (κ1) is 17.9. The minimum Gasteiger partial charge on any atom is -0.409 e. The van der Waals surface area contributed by atoms with Gasteiger partial charge in [-0.25, -0.2) is 4.68 Å². The Kier molecular flexibility index (Phi) is 4.91. The van der Waals surface area contributed by atoms with Gasteiger partial charge in [-0.05, 0) is 30.3 Å². The minimum absolute atomic E-state index is 0.185. The van der Waals surface area contributed by atoms with Crippen LogP contribution in [0.2, 0.25) is 0 Å². The Hall–Kier alpha value is -3.44. The second kappa shape index (κ2) is 7.66. The third kappa shape index (κ3) is 3.52. The number of benzene rings is 2. The highest BCUT2D eigenvalue weighted by Gasteiger charge is 2.18. The summed E-state index contributed by atoms with van der Waals surface area (Å²) in [5.74, 6) is 0.214. The molecule has 4 rings (SSSR count). The molecule has 8 heteroatoms. The third-order valence-electron chi connectivity index (χ3n) is 4.11. The number of hydrogen-bond acceptors (Lipinski definition) is 7. The van der Waals surface area contributed by atoms with Crippen LogP contribution in [0.3, 0.4) is 0 Å². The molecule has 2 aromatic carbocycles. The average molecular weight is 389 g/mol. The Labute approximate surface area is 164 Å². The molecule has 0 bridgehead atoms. The number of hydrogen-bond donors (Lipinski definition) is 0. The van der Waals surface area contributed by atoms with Gasteiger partial charge < -0.3 is 4.42 Å². The van der Waals surface area contributed by atoms with Crippen LogP contribution in [-0.4, -0.2) is 25.2 Å². The summed E-state index contributed by atoms with van der Waals surface area (Å²) in [6.07, 6.45) is 0. The standard InChI is InChI=1S/C20H15N5O2S/c1-13(11-21)28-20-23-22-18(27-20)17-15-9-5-6-10-16(15)19(26)25(24-17)12-14-7-3-2-4-8-14/h2-10,13H,12H2,1H3/t13-/m1/s1. The van der Waals surface area contributed by atoms with E-state index in [-0.39, 0.29) is 21.9 Å². The monoisotopic (exact) mass is 389 g/mol. The molecule has 4 aromatic rings. The lowest BCUT2D eigenvalue weighted by Gasteiger charge is -2.09. The highest BCUT2D eigenvalue weighted by molar-refractivity contribution is 7.99. The normalized spacial score (nSPS) is 12.0. The van der Waals surface area contributed by atoms with Gasteiger partial charge in [-0.15, -0.1) is 10.2 Å². The van der Waals surface area contributed by atoms with E-state index in [2.05, 4.69) is 21.4 Å². The Morgan fingerprint density at radius 1 is 1.11 bits per heavy atom. The maximum Gasteiger partial charge on any atom is 0.278 e. The van der Waals surface area contributed by atoms with Gasteiger partial charge in [-0.1, -0.05) is 48.5 Å². The Morgan fingerprint density at radius 2 is 1.82 bits per heavy atom. The van der Waals surface area contributed by atoms with E-state index < -0.39 is 0 Å². The van der Waals surface area contributed by atoms with Crippen LogP contribution in [0, 0.1) is 11.3 Å². The van der Waals surface area contributed by atoms with Crippen molar-refractivity contribution in [3.63, 3.8) is 0 Å². The topological polar surface area (TPSA) is 97.6 Å². The zero-order valence-electron chi connectivity index (χ0n) is 14.9. The number of fused-ring (bicyclic) bond motifs is 1. The molecule has 7 nitrogen and oxygen atoms in total. The molecule has 1 atom stereocenters. The fourth-order valence-electron chi connectivity index (χ4n) is 2.79. The molecular weight excluding hydrogens is 374 g/mol. The highest BCUT2D eigenvalue weighted by atomic mass is 32.2. The van der Waals surface area contributed by atoms with E-state index in [9.17, 15) is 4.79 Å². The summed E-state index contributed by atoms with van der Waals surface area (Å²) in [7, 11) is 0. The van der Waals surface area contributed by atoms with Crippen molar-refractivity contribution in [2.45, 2.75) is 23.9 Å². The quantitative estimate of drug-likeness (QED) is 0.482. The Bertz CT molecular complexity index is 1230. The minimum atomic E-state index is -0.315. The molecule has 0 radical (unpaired) electrons. The first-order chi connectivity index (χ1) is 13.7. The molecule has 2 aromatic heterocycles. The fraction of sp³-hybridized carbons (Fsp3) is 0.150. The molecule has 28 heavy (non-hydrogen) atoms. The molecule has 0 N–H and O–H groups in total. The molecular formula is C20H15N5O2S. The number of rotatable bonds is 5. The van der Waals surface area contributed by atoms with Crippen LogP contribution < -0.4 is 5.56 Å². The van der Waals surface area contributed by atoms with E-state index in [1.54, 1.807) is 19.1 Å². The number of nitrogens with zero attached hydrogens (tertiary/aromatic N) is 5. The predicted octanol–water partition coefficient (Wildman–Crippen LogP) is 3.50. The van der Waals surface area contributed by atoms with Crippen molar-refractivity contribution in [2.24, 2.45) is 0 Å². The van der Waals surface area contributed by atoms with E-state index in [1.807, 2.05) is 42.5 Å². The summed E-state index contributed by atoms with van der Waals surface area (Å²) in [5, 5.41) is 22.7. The molecule has 0 saturated carbocycles. The molecule has 0 aliphatic heterocycles. The zero-order valence-corrected chi connectivity index (χ0v) is 15.8. The van der Waals surface area contributed by atoms with Gasteiger partial charge in [-0.2, -0.15) is 10.4 Å². The molecule has 0 aliphatic rings. The first-order valence-corrected chi connectivity index (χ1v) is 9.47. The maximum absolute atomic E-state index is 12.9. The summed E-state index contributed by atoms with van der Waals surface area (Å²) >= 11 is 1.18. The van der Waals surface area contributed by atoms with Gasteiger partial charge >= 0.3 is 0 Å². The zero-order chi connectivity index (χ0) is 19.5. The second-order valence-corrected chi connectivity index (χ2v) is 7.40. The summed E-state index contributed by atoms with van der Waals surface area (Å²) in [4.78, 5) is 12.9. The van der Waals surface area contributed by atoms with Crippen molar-refractivity contribution < 1.29 is 4.42 Å². The van der Waals surface area contributed by atoms with Crippen LogP contribution in [0.5, 0.6) is 0 Å². The maximum atomic E-state index is 12.9. The molecule has 138 valence electrons. The van der Waals surface area contributed by atoms with Gasteiger partial charge in [0.05, 0.1) is 23.3 Å². The number of nitriles is 1. The largest absolute Gasteiger partial charge is 0.409 e. The molecule has 0 saturated heterocycles. The van der Waals surface area contributed by atoms with Crippen LogP contribution in [0.1, 0.15) is 12.5 Å². The lowest BCUT2D eigenvalue weighted by Crippen LogP contribution is -2.24. The van der Waals surface area contributed by atoms with Gasteiger partial charge in [0.1, 0.15) is 0 Å². The fourth-order valence-corrected chi connectivity index (χ4v) is 3.36. The van der Waals surface area contributed by atoms with Crippen molar-refractivity contribution in [3.8, 4) is 17.7 Å². The summed E-state index contributed by atoms with van der Waals surface area (Å²) in [6.45, 7) is 2.08. The van der Waals surface area contributed by atoms with Crippen LogP contribution >= 0.6 is 11.8 Å². The van der Waals surface area contributed by atoms with Gasteiger partial charge in [-0.3, -0.25) is 4.79 Å². The van der Waals surface area contributed by atoms with E-state index in [0.29, 0.717) is 23.0 Å². The Morgan fingerprint density at radius 3 is 2.57 bits per heavy atom. The van der Waals surface area contributed by atoms with Gasteiger partial charge in [0, 0.05) is 5.39 Å². The van der Waals surface area contributed by atoms with Crippen molar-refractivity contribution >= 4 is 22.5 Å². The first-order valence-electron chi connectivity index (χ1n) is 8.59. The highest BCUT2D eigenvalue weighted by Crippen LogP contribution is 2.28. The van der Waals surface area contributed by atoms with Gasteiger partial charge in [0.15, 0.2) is 5.69 Å². The lowest BCUT2D eigenvalue weighted by molar-refractivity contribution is 0.462. The SMILES string of the molecule is C[C@H](C#N)Sc1nnc(-c2nn(Cc3ccccc3)c(=O)c3ccccc23)o1. The molecule has 2 heterocycles. The number of aromatic nitrogens is 4. The van der Waals surface area contributed by atoms with E-state index in [0.717, 1.165) is 5.56 Å². The van der Waals surface area contributed by atoms with Crippen molar-refractivity contribution in [3.05, 3.63) is 70.5 Å². The van der Waals surface area contributed by atoms with Crippen LogP contribution in [-0.2, 0) is 6.54 Å². The molecule has 0 fully saturated rings.